The number of nitrogens with one attached hydrogen (secondary N) is 2. The van der Waals surface area contributed by atoms with Crippen LogP contribution in [0.4, 0.5) is 8.78 Å². The van der Waals surface area contributed by atoms with Crippen molar-refractivity contribution in [3.05, 3.63) is 63.3 Å². The predicted octanol–water partition coefficient (Wildman–Crippen LogP) is 2.78. The van der Waals surface area contributed by atoms with Gasteiger partial charge in [-0.25, -0.2) is 13.8 Å². The molecule has 2 N–H and O–H groups in total. The van der Waals surface area contributed by atoms with Gasteiger partial charge in [0.2, 0.25) is 0 Å². The van der Waals surface area contributed by atoms with Gasteiger partial charge >= 0.3 is 0 Å². The van der Waals surface area contributed by atoms with Crippen LogP contribution in [0.5, 0.6) is 0 Å². The van der Waals surface area contributed by atoms with Gasteiger partial charge in [-0.05, 0) is 25.8 Å². The van der Waals surface area contributed by atoms with Crippen LogP contribution in [0.1, 0.15) is 48.8 Å². The summed E-state index contributed by atoms with van der Waals surface area (Å²) in [6.45, 7) is 2.13. The molecule has 0 amide bonds. The molecule has 0 spiro atoms. The standard InChI is InChI=1S/C16H17F2N3O/c1-9(13-5-4-11(17)6-14(13)18)19-8-12-7-15(22)21-16(20-12)10-2-3-10/h4-7,9-10,19H,2-3,8H2,1H3,(H,20,21,22)/t9-/m0/s1. The largest absolute Gasteiger partial charge is 0.310 e. The molecule has 0 saturated heterocycles. The number of aromatic nitrogens is 2. The van der Waals surface area contributed by atoms with Crippen molar-refractivity contribution in [2.75, 3.05) is 0 Å². The van der Waals surface area contributed by atoms with Gasteiger partial charge in [-0.2, -0.15) is 0 Å². The Labute approximate surface area is 126 Å². The molecule has 0 radical (unpaired) electrons. The molecule has 1 fully saturated rings. The van der Waals surface area contributed by atoms with Gasteiger partial charge in [0.1, 0.15) is 17.5 Å². The number of H-pyrrole nitrogens is 1. The summed E-state index contributed by atoms with van der Waals surface area (Å²) >= 11 is 0. The minimum absolute atomic E-state index is 0.172. The van der Waals surface area contributed by atoms with Gasteiger partial charge in [-0.1, -0.05) is 6.07 Å². The lowest BCUT2D eigenvalue weighted by Crippen LogP contribution is -2.22. The lowest BCUT2D eigenvalue weighted by Gasteiger charge is -2.15. The van der Waals surface area contributed by atoms with Gasteiger partial charge in [-0.15, -0.1) is 0 Å². The van der Waals surface area contributed by atoms with Crippen LogP contribution in [-0.4, -0.2) is 9.97 Å². The number of benzene rings is 1. The molecule has 6 heteroatoms. The molecule has 1 atom stereocenters. The van der Waals surface area contributed by atoms with Crippen molar-refractivity contribution in [1.82, 2.24) is 15.3 Å². The maximum absolute atomic E-state index is 13.7. The fourth-order valence-electron chi connectivity index (χ4n) is 2.39. The number of halogens is 2. The van der Waals surface area contributed by atoms with Crippen molar-refractivity contribution in [3.63, 3.8) is 0 Å². The molecule has 0 aliphatic heterocycles. The lowest BCUT2D eigenvalue weighted by atomic mass is 10.1. The summed E-state index contributed by atoms with van der Waals surface area (Å²) in [5.74, 6) is -0.0964. The SMILES string of the molecule is C[C@H](NCc1cc(=O)[nH]c(C2CC2)n1)c1ccc(F)cc1F. The first kappa shape index (κ1) is 14.8. The highest BCUT2D eigenvalue weighted by Crippen LogP contribution is 2.37. The third-order valence-electron chi connectivity index (χ3n) is 3.80. The van der Waals surface area contributed by atoms with Crippen LogP contribution < -0.4 is 10.9 Å². The van der Waals surface area contributed by atoms with Gasteiger partial charge in [0.05, 0.1) is 5.69 Å². The quantitative estimate of drug-likeness (QED) is 0.893. The van der Waals surface area contributed by atoms with E-state index in [1.54, 1.807) is 6.92 Å². The van der Waals surface area contributed by atoms with E-state index in [1.807, 2.05) is 0 Å². The fraction of sp³-hybridized carbons (Fsp3) is 0.375. The predicted molar refractivity (Wildman–Crippen MR) is 78.4 cm³/mol. The third-order valence-corrected chi connectivity index (χ3v) is 3.80. The summed E-state index contributed by atoms with van der Waals surface area (Å²) in [5, 5.41) is 3.11. The van der Waals surface area contributed by atoms with E-state index in [2.05, 4.69) is 15.3 Å². The average molecular weight is 305 g/mol. The Bertz CT molecular complexity index is 740. The minimum Gasteiger partial charge on any atom is -0.310 e. The molecule has 0 bridgehead atoms. The number of rotatable bonds is 5. The molecular weight excluding hydrogens is 288 g/mol. The minimum atomic E-state index is -0.598. The highest BCUT2D eigenvalue weighted by atomic mass is 19.1. The second kappa shape index (κ2) is 5.96. The zero-order valence-electron chi connectivity index (χ0n) is 12.2. The van der Waals surface area contributed by atoms with E-state index in [0.717, 1.165) is 24.7 Å². The molecule has 3 rings (SSSR count). The Morgan fingerprint density at radius 1 is 1.36 bits per heavy atom. The average Bonchev–Trinajstić information content (AvgIpc) is 3.29. The van der Waals surface area contributed by atoms with Crippen molar-refractivity contribution in [2.24, 2.45) is 0 Å². The molecule has 1 aliphatic carbocycles. The molecule has 0 unspecified atom stereocenters. The second-order valence-corrected chi connectivity index (χ2v) is 5.66. The van der Waals surface area contributed by atoms with Crippen LogP contribution >= 0.6 is 0 Å². The van der Waals surface area contributed by atoms with Crippen LogP contribution in [0.15, 0.2) is 29.1 Å². The summed E-state index contributed by atoms with van der Waals surface area (Å²) in [5.41, 5.74) is 0.836. The fourth-order valence-corrected chi connectivity index (χ4v) is 2.39. The van der Waals surface area contributed by atoms with Gasteiger partial charge in [0.15, 0.2) is 0 Å². The Kier molecular flexibility index (Phi) is 4.02. The van der Waals surface area contributed by atoms with E-state index in [1.165, 1.54) is 18.2 Å². The smallest absolute Gasteiger partial charge is 0.251 e. The van der Waals surface area contributed by atoms with E-state index in [-0.39, 0.29) is 11.6 Å². The maximum Gasteiger partial charge on any atom is 0.251 e. The van der Waals surface area contributed by atoms with Crippen LogP contribution in [0.25, 0.3) is 0 Å². The third kappa shape index (κ3) is 3.39. The summed E-state index contributed by atoms with van der Waals surface area (Å²) in [6, 6.07) is 4.64. The van der Waals surface area contributed by atoms with Crippen molar-refractivity contribution in [3.8, 4) is 0 Å². The number of hydrogen-bond donors (Lipinski definition) is 2. The van der Waals surface area contributed by atoms with E-state index < -0.39 is 11.6 Å². The van der Waals surface area contributed by atoms with Crippen LogP contribution in [0, 0.1) is 11.6 Å². The zero-order valence-corrected chi connectivity index (χ0v) is 12.2. The Morgan fingerprint density at radius 3 is 2.82 bits per heavy atom. The van der Waals surface area contributed by atoms with E-state index in [4.69, 9.17) is 0 Å². The van der Waals surface area contributed by atoms with Gasteiger partial charge in [0.25, 0.3) is 5.56 Å². The molecule has 22 heavy (non-hydrogen) atoms. The Balaban J connectivity index is 1.70. The number of aromatic amines is 1. The molecule has 116 valence electrons. The van der Waals surface area contributed by atoms with Crippen molar-refractivity contribution in [2.45, 2.75) is 38.3 Å². The summed E-state index contributed by atoms with van der Waals surface area (Å²) in [7, 11) is 0. The van der Waals surface area contributed by atoms with Crippen molar-refractivity contribution in [1.29, 1.82) is 0 Å². The molecule has 1 aliphatic rings. The van der Waals surface area contributed by atoms with Gasteiger partial charge < -0.3 is 10.3 Å². The molecule has 1 aromatic carbocycles. The van der Waals surface area contributed by atoms with Crippen molar-refractivity contribution >= 4 is 0 Å². The lowest BCUT2D eigenvalue weighted by molar-refractivity contribution is 0.514. The number of hydrogen-bond acceptors (Lipinski definition) is 3. The normalized spacial score (nSPS) is 15.8. The van der Waals surface area contributed by atoms with Crippen LogP contribution in [0.3, 0.4) is 0 Å². The highest BCUT2D eigenvalue weighted by molar-refractivity contribution is 5.22. The van der Waals surface area contributed by atoms with E-state index >= 15 is 0 Å². The summed E-state index contributed by atoms with van der Waals surface area (Å²) < 4.78 is 26.6. The monoisotopic (exact) mass is 305 g/mol. The first-order chi connectivity index (χ1) is 10.5. The maximum atomic E-state index is 13.7. The van der Waals surface area contributed by atoms with Gasteiger partial charge in [0, 0.05) is 36.2 Å². The van der Waals surface area contributed by atoms with Crippen molar-refractivity contribution < 1.29 is 8.78 Å². The Morgan fingerprint density at radius 2 is 2.14 bits per heavy atom. The molecular formula is C16H17F2N3O. The molecule has 4 nitrogen and oxygen atoms in total. The molecule has 2 aromatic rings. The van der Waals surface area contributed by atoms with E-state index in [0.29, 0.717) is 23.7 Å². The van der Waals surface area contributed by atoms with Gasteiger partial charge in [-0.3, -0.25) is 4.79 Å². The summed E-state index contributed by atoms with van der Waals surface area (Å²) in [4.78, 5) is 18.8. The second-order valence-electron chi connectivity index (χ2n) is 5.66. The first-order valence-electron chi connectivity index (χ1n) is 7.31. The molecule has 1 aromatic heterocycles. The summed E-state index contributed by atoms with van der Waals surface area (Å²) in [6.07, 6.45) is 2.11. The number of nitrogens with zero attached hydrogens (tertiary/aromatic N) is 1. The molecule has 1 saturated carbocycles. The Hall–Kier alpha value is -2.08. The highest BCUT2D eigenvalue weighted by Gasteiger charge is 2.26. The molecule has 1 heterocycles. The van der Waals surface area contributed by atoms with Crippen LogP contribution in [-0.2, 0) is 6.54 Å². The topological polar surface area (TPSA) is 57.8 Å². The first-order valence-corrected chi connectivity index (χ1v) is 7.31. The van der Waals surface area contributed by atoms with E-state index in [9.17, 15) is 13.6 Å². The van der Waals surface area contributed by atoms with Crippen LogP contribution in [0.2, 0.25) is 0 Å². The zero-order chi connectivity index (χ0) is 15.7.